The number of aryl methyl sites for hydroxylation is 2. The molecule has 1 aliphatic heterocycles. The van der Waals surface area contributed by atoms with Crippen molar-refractivity contribution in [3.05, 3.63) is 62.4 Å². The van der Waals surface area contributed by atoms with E-state index in [1.54, 1.807) is 0 Å². The second-order valence-electron chi connectivity index (χ2n) is 8.00. The molecule has 6 nitrogen and oxygen atoms in total. The lowest BCUT2D eigenvalue weighted by atomic mass is 10.0. The van der Waals surface area contributed by atoms with Crippen LogP contribution in [0.1, 0.15) is 44.8 Å². The van der Waals surface area contributed by atoms with E-state index in [4.69, 9.17) is 21.7 Å². The minimum absolute atomic E-state index is 0. The van der Waals surface area contributed by atoms with Gasteiger partial charge in [-0.25, -0.2) is 9.67 Å². The maximum atomic E-state index is 13.1. The summed E-state index contributed by atoms with van der Waals surface area (Å²) in [4.78, 5) is 22.9. The molecule has 0 spiro atoms. The number of halogens is 2. The molecule has 4 rings (SSSR count). The highest BCUT2D eigenvalue weighted by atomic mass is 35.5. The van der Waals surface area contributed by atoms with Gasteiger partial charge in [-0.2, -0.15) is 5.10 Å². The average Bonchev–Trinajstić information content (AvgIpc) is 3.29. The highest BCUT2D eigenvalue weighted by Gasteiger charge is 2.26. The van der Waals surface area contributed by atoms with Crippen LogP contribution < -0.4 is 0 Å². The van der Waals surface area contributed by atoms with Gasteiger partial charge in [0.1, 0.15) is 4.88 Å². The van der Waals surface area contributed by atoms with E-state index in [-0.39, 0.29) is 18.3 Å². The first kappa shape index (κ1) is 24.7. The highest BCUT2D eigenvalue weighted by molar-refractivity contribution is 7.16. The van der Waals surface area contributed by atoms with Gasteiger partial charge in [-0.05, 0) is 45.0 Å². The number of carbonyl (C=O) groups is 1. The number of thiazole rings is 1. The lowest BCUT2D eigenvalue weighted by Crippen LogP contribution is -2.48. The maximum absolute atomic E-state index is 13.1. The van der Waals surface area contributed by atoms with E-state index >= 15 is 0 Å². The lowest BCUT2D eigenvalue weighted by Gasteiger charge is -2.33. The lowest BCUT2D eigenvalue weighted by molar-refractivity contribution is 0.0647. The summed E-state index contributed by atoms with van der Waals surface area (Å²) in [6.45, 7) is 12.6. The van der Waals surface area contributed by atoms with Crippen LogP contribution in [0.4, 0.5) is 0 Å². The van der Waals surface area contributed by atoms with Gasteiger partial charge in [0, 0.05) is 48.9 Å². The van der Waals surface area contributed by atoms with Crippen molar-refractivity contribution < 1.29 is 4.79 Å². The molecule has 0 radical (unpaired) electrons. The van der Waals surface area contributed by atoms with Crippen molar-refractivity contribution in [1.82, 2.24) is 24.6 Å². The van der Waals surface area contributed by atoms with E-state index in [1.807, 2.05) is 47.7 Å². The number of hydrogen-bond acceptors (Lipinski definition) is 5. The number of aromatic nitrogens is 3. The van der Waals surface area contributed by atoms with Crippen molar-refractivity contribution in [2.45, 2.75) is 34.1 Å². The van der Waals surface area contributed by atoms with E-state index in [2.05, 4.69) is 18.7 Å². The minimum atomic E-state index is 0. The number of amides is 1. The summed E-state index contributed by atoms with van der Waals surface area (Å²) in [6.07, 6.45) is 0.784. The molecule has 1 amide bonds. The van der Waals surface area contributed by atoms with E-state index in [0.717, 1.165) is 66.4 Å². The second kappa shape index (κ2) is 10.3. The third kappa shape index (κ3) is 5.01. The first-order valence-corrected chi connectivity index (χ1v) is 11.9. The van der Waals surface area contributed by atoms with E-state index < -0.39 is 0 Å². The van der Waals surface area contributed by atoms with Crippen LogP contribution in [0, 0.1) is 20.8 Å². The summed E-state index contributed by atoms with van der Waals surface area (Å²) in [6, 6.07) is 7.91. The molecular formula is C23H29Cl2N5OS. The Hall–Kier alpha value is -1.93. The van der Waals surface area contributed by atoms with Crippen LogP contribution in [0.5, 0.6) is 0 Å². The number of piperazine rings is 1. The summed E-state index contributed by atoms with van der Waals surface area (Å²) in [5.74, 6) is 0.0833. The first-order valence-electron chi connectivity index (χ1n) is 10.7. The molecule has 0 bridgehead atoms. The number of benzene rings is 1. The zero-order chi connectivity index (χ0) is 22.1. The summed E-state index contributed by atoms with van der Waals surface area (Å²) < 4.78 is 1.88. The van der Waals surface area contributed by atoms with Crippen LogP contribution in [-0.4, -0.2) is 63.2 Å². The van der Waals surface area contributed by atoms with Gasteiger partial charge in [0.05, 0.1) is 11.4 Å². The Bertz CT molecular complexity index is 1080. The highest BCUT2D eigenvalue weighted by Crippen LogP contribution is 2.27. The molecule has 0 unspecified atom stereocenters. The fourth-order valence-electron chi connectivity index (χ4n) is 4.01. The Morgan fingerprint density at radius 3 is 2.34 bits per heavy atom. The van der Waals surface area contributed by atoms with Gasteiger partial charge in [-0.1, -0.05) is 42.0 Å². The normalized spacial score (nSPS) is 14.5. The molecule has 3 aromatic rings. The largest absolute Gasteiger partial charge is 0.335 e. The van der Waals surface area contributed by atoms with Crippen LogP contribution >= 0.6 is 35.3 Å². The van der Waals surface area contributed by atoms with Gasteiger partial charge in [0.2, 0.25) is 5.13 Å². The monoisotopic (exact) mass is 493 g/mol. The number of carbonyl (C=O) groups excluding carboxylic acids is 1. The first-order chi connectivity index (χ1) is 14.9. The van der Waals surface area contributed by atoms with E-state index in [9.17, 15) is 4.79 Å². The third-order valence-electron chi connectivity index (χ3n) is 6.00. The van der Waals surface area contributed by atoms with Gasteiger partial charge in [0.15, 0.2) is 0 Å². The molecule has 0 N–H and O–H groups in total. The zero-order valence-corrected chi connectivity index (χ0v) is 21.3. The summed E-state index contributed by atoms with van der Waals surface area (Å²) >= 11 is 7.45. The molecule has 1 aliphatic rings. The van der Waals surface area contributed by atoms with Crippen molar-refractivity contribution in [3.8, 4) is 5.13 Å². The number of rotatable bonds is 5. The second-order valence-corrected chi connectivity index (χ2v) is 9.42. The van der Waals surface area contributed by atoms with E-state index in [1.165, 1.54) is 22.5 Å². The fourth-order valence-corrected chi connectivity index (χ4v) is 5.17. The molecule has 0 saturated carbocycles. The van der Waals surface area contributed by atoms with Crippen LogP contribution in [0.25, 0.3) is 5.13 Å². The quantitative estimate of drug-likeness (QED) is 0.516. The molecule has 1 aromatic carbocycles. The summed E-state index contributed by atoms with van der Waals surface area (Å²) in [7, 11) is 0. The van der Waals surface area contributed by atoms with Crippen molar-refractivity contribution >= 4 is 41.3 Å². The fraction of sp³-hybridized carbons (Fsp3) is 0.435. The predicted molar refractivity (Wildman–Crippen MR) is 133 cm³/mol. The van der Waals surface area contributed by atoms with Crippen LogP contribution in [0.2, 0.25) is 5.02 Å². The standard InChI is InChI=1S/C23H28ClN5OS.ClH/c1-5-27-10-12-28(13-11-27)22(30)21-16(3)25-23(31-21)29-17(4)20(15(2)26-29)14-18-6-8-19(24)9-7-18;/h6-9H,5,10-14H2,1-4H3;1H. The Labute approximate surface area is 204 Å². The van der Waals surface area contributed by atoms with E-state index in [0.29, 0.717) is 4.88 Å². The Morgan fingerprint density at radius 1 is 1.06 bits per heavy atom. The topological polar surface area (TPSA) is 54.3 Å². The summed E-state index contributed by atoms with van der Waals surface area (Å²) in [5, 5.41) is 6.23. The summed E-state index contributed by atoms with van der Waals surface area (Å²) in [5.41, 5.74) is 5.17. The van der Waals surface area contributed by atoms with Gasteiger partial charge >= 0.3 is 0 Å². The molecule has 1 fully saturated rings. The van der Waals surface area contributed by atoms with Gasteiger partial charge in [-0.15, -0.1) is 12.4 Å². The predicted octanol–water partition coefficient (Wildman–Crippen LogP) is 4.70. The molecular weight excluding hydrogens is 465 g/mol. The molecule has 9 heteroatoms. The van der Waals surface area contributed by atoms with Crippen molar-refractivity contribution in [1.29, 1.82) is 0 Å². The third-order valence-corrected chi connectivity index (χ3v) is 7.38. The molecule has 32 heavy (non-hydrogen) atoms. The van der Waals surface area contributed by atoms with Crippen LogP contribution in [0.15, 0.2) is 24.3 Å². The van der Waals surface area contributed by atoms with Gasteiger partial charge in [-0.3, -0.25) is 4.79 Å². The molecule has 0 atom stereocenters. The molecule has 172 valence electrons. The Balaban J connectivity index is 0.00000289. The SMILES string of the molecule is CCN1CCN(C(=O)c2sc(-n3nc(C)c(Cc4ccc(Cl)cc4)c3C)nc2C)CC1.Cl. The zero-order valence-electron chi connectivity index (χ0n) is 18.9. The average molecular weight is 494 g/mol. The van der Waals surface area contributed by atoms with Gasteiger partial charge in [0.25, 0.3) is 5.91 Å². The van der Waals surface area contributed by atoms with Gasteiger partial charge < -0.3 is 9.80 Å². The number of nitrogens with zero attached hydrogens (tertiary/aromatic N) is 5. The number of hydrogen-bond donors (Lipinski definition) is 0. The maximum Gasteiger partial charge on any atom is 0.266 e. The molecule has 1 saturated heterocycles. The van der Waals surface area contributed by atoms with Crippen molar-refractivity contribution in [3.63, 3.8) is 0 Å². The Morgan fingerprint density at radius 2 is 1.72 bits per heavy atom. The van der Waals surface area contributed by atoms with Crippen molar-refractivity contribution in [2.24, 2.45) is 0 Å². The van der Waals surface area contributed by atoms with Crippen LogP contribution in [-0.2, 0) is 6.42 Å². The van der Waals surface area contributed by atoms with Crippen LogP contribution in [0.3, 0.4) is 0 Å². The molecule has 3 heterocycles. The number of likely N-dealkylation sites (N-methyl/N-ethyl adjacent to an activating group) is 1. The molecule has 2 aromatic heterocycles. The minimum Gasteiger partial charge on any atom is -0.335 e. The smallest absolute Gasteiger partial charge is 0.266 e. The molecule has 0 aliphatic carbocycles. The van der Waals surface area contributed by atoms with Crippen molar-refractivity contribution in [2.75, 3.05) is 32.7 Å². The Kier molecular flexibility index (Phi) is 7.98.